The molecule has 0 radical (unpaired) electrons. The van der Waals surface area contributed by atoms with Gasteiger partial charge in [0.25, 0.3) is 0 Å². The van der Waals surface area contributed by atoms with E-state index in [4.69, 9.17) is 0 Å². The number of rotatable bonds is 6. The average molecular weight is 384 g/mol. The number of aryl methyl sites for hydroxylation is 2. The van der Waals surface area contributed by atoms with E-state index in [0.29, 0.717) is 0 Å². The van der Waals surface area contributed by atoms with Gasteiger partial charge in [-0.2, -0.15) is 0 Å². The van der Waals surface area contributed by atoms with Gasteiger partial charge in [-0.15, -0.1) is 11.3 Å². The van der Waals surface area contributed by atoms with Gasteiger partial charge in [0.05, 0.1) is 0 Å². The van der Waals surface area contributed by atoms with E-state index in [1.54, 1.807) is 11.3 Å². The van der Waals surface area contributed by atoms with Crippen LogP contribution in [0.1, 0.15) is 24.5 Å². The highest BCUT2D eigenvalue weighted by Gasteiger charge is 2.13. The summed E-state index contributed by atoms with van der Waals surface area (Å²) in [6.07, 6.45) is 2.30. The van der Waals surface area contributed by atoms with Gasteiger partial charge >= 0.3 is 0 Å². The Morgan fingerprint density at radius 1 is 0.750 bits per heavy atom. The van der Waals surface area contributed by atoms with Crippen molar-refractivity contribution >= 4 is 28.4 Å². The highest BCUT2D eigenvalue weighted by Crippen LogP contribution is 2.36. The van der Waals surface area contributed by atoms with E-state index < -0.39 is 0 Å². The highest BCUT2D eigenvalue weighted by molar-refractivity contribution is 7.13. The van der Waals surface area contributed by atoms with E-state index in [1.807, 2.05) is 0 Å². The van der Waals surface area contributed by atoms with Gasteiger partial charge in [0.15, 0.2) is 0 Å². The Hall–Kier alpha value is -2.84. The van der Waals surface area contributed by atoms with Crippen molar-refractivity contribution in [1.29, 1.82) is 0 Å². The van der Waals surface area contributed by atoms with Crippen LogP contribution in [0.4, 0.5) is 17.1 Å². The van der Waals surface area contributed by atoms with Crippen molar-refractivity contribution in [3.63, 3.8) is 0 Å². The minimum absolute atomic E-state index is 1.13. The van der Waals surface area contributed by atoms with Gasteiger partial charge in [-0.25, -0.2) is 0 Å². The molecule has 0 saturated heterocycles. The Labute approximate surface area is 171 Å². The van der Waals surface area contributed by atoms with Gasteiger partial charge in [0.1, 0.15) is 0 Å². The first-order valence-electron chi connectivity index (χ1n) is 9.84. The first-order chi connectivity index (χ1) is 13.7. The van der Waals surface area contributed by atoms with E-state index in [0.717, 1.165) is 6.42 Å². The summed E-state index contributed by atoms with van der Waals surface area (Å²) in [4.78, 5) is 3.64. The molecule has 0 atom stereocenters. The first-order valence-corrected chi connectivity index (χ1v) is 10.7. The van der Waals surface area contributed by atoms with Crippen molar-refractivity contribution in [3.05, 3.63) is 101 Å². The lowest BCUT2D eigenvalue weighted by Crippen LogP contribution is -2.10. The number of hydrogen-bond acceptors (Lipinski definition) is 2. The van der Waals surface area contributed by atoms with Crippen LogP contribution < -0.4 is 4.90 Å². The molecule has 0 fully saturated rings. The zero-order valence-corrected chi connectivity index (χ0v) is 17.2. The second kappa shape index (κ2) is 8.45. The van der Waals surface area contributed by atoms with Gasteiger partial charge in [-0.3, -0.25) is 0 Å². The molecule has 0 saturated carbocycles. The van der Waals surface area contributed by atoms with Crippen LogP contribution in [0.15, 0.2) is 90.3 Å². The van der Waals surface area contributed by atoms with Crippen molar-refractivity contribution in [2.75, 3.05) is 4.90 Å². The third-order valence-corrected chi connectivity index (χ3v) is 5.84. The van der Waals surface area contributed by atoms with Crippen LogP contribution in [-0.4, -0.2) is 0 Å². The van der Waals surface area contributed by atoms with E-state index in [2.05, 4.69) is 109 Å². The Bertz CT molecular complexity index is 1010. The quantitative estimate of drug-likeness (QED) is 0.325. The number of thiophene rings is 1. The van der Waals surface area contributed by atoms with Crippen LogP contribution in [0, 0.1) is 6.92 Å². The van der Waals surface area contributed by atoms with Crippen molar-refractivity contribution in [1.82, 2.24) is 0 Å². The lowest BCUT2D eigenvalue weighted by Gasteiger charge is -2.26. The SMILES string of the molecule is CCCc1ccc(N(c2ccc(-c3cccs3)cc2)c2cccc(C)c2)cc1. The first kappa shape index (κ1) is 18.5. The summed E-state index contributed by atoms with van der Waals surface area (Å²) in [5.41, 5.74) is 7.47. The smallest absolute Gasteiger partial charge is 0.0464 e. The number of benzene rings is 3. The molecule has 3 aromatic carbocycles. The molecule has 0 N–H and O–H groups in total. The molecule has 0 aliphatic carbocycles. The van der Waals surface area contributed by atoms with Crippen molar-refractivity contribution in [2.45, 2.75) is 26.7 Å². The Morgan fingerprint density at radius 3 is 2.07 bits per heavy atom. The van der Waals surface area contributed by atoms with Gasteiger partial charge in [0.2, 0.25) is 0 Å². The average Bonchev–Trinajstić information content (AvgIpc) is 3.25. The monoisotopic (exact) mass is 383 g/mol. The normalized spacial score (nSPS) is 10.8. The molecule has 0 unspecified atom stereocenters. The second-order valence-electron chi connectivity index (χ2n) is 7.12. The van der Waals surface area contributed by atoms with E-state index in [-0.39, 0.29) is 0 Å². The zero-order valence-electron chi connectivity index (χ0n) is 16.4. The van der Waals surface area contributed by atoms with Gasteiger partial charge in [-0.05, 0) is 77.9 Å². The maximum Gasteiger partial charge on any atom is 0.0464 e. The lowest BCUT2D eigenvalue weighted by molar-refractivity contribution is 0.922. The van der Waals surface area contributed by atoms with Crippen molar-refractivity contribution in [3.8, 4) is 10.4 Å². The molecule has 1 aromatic heterocycles. The fourth-order valence-electron chi connectivity index (χ4n) is 3.53. The Kier molecular flexibility index (Phi) is 5.59. The maximum absolute atomic E-state index is 2.33. The molecule has 4 aromatic rings. The highest BCUT2D eigenvalue weighted by atomic mass is 32.1. The Balaban J connectivity index is 1.74. The number of hydrogen-bond donors (Lipinski definition) is 0. The summed E-state index contributed by atoms with van der Waals surface area (Å²) < 4.78 is 0. The zero-order chi connectivity index (χ0) is 19.3. The van der Waals surface area contributed by atoms with Crippen molar-refractivity contribution in [2.24, 2.45) is 0 Å². The van der Waals surface area contributed by atoms with Gasteiger partial charge in [0, 0.05) is 21.9 Å². The van der Waals surface area contributed by atoms with Crippen LogP contribution in [0.5, 0.6) is 0 Å². The fraction of sp³-hybridized carbons (Fsp3) is 0.154. The molecule has 0 aliphatic rings. The summed E-state index contributed by atoms with van der Waals surface area (Å²) in [6, 6.07) is 30.8. The predicted molar refractivity (Wildman–Crippen MR) is 123 cm³/mol. The minimum atomic E-state index is 1.13. The molecule has 0 amide bonds. The third kappa shape index (κ3) is 4.02. The van der Waals surface area contributed by atoms with E-state index in [9.17, 15) is 0 Å². The van der Waals surface area contributed by atoms with Crippen LogP contribution in [-0.2, 0) is 6.42 Å². The maximum atomic E-state index is 2.33. The van der Waals surface area contributed by atoms with Crippen molar-refractivity contribution < 1.29 is 0 Å². The molecule has 0 aliphatic heterocycles. The standard InChI is InChI=1S/C26H25NS/c1-3-6-21-10-14-23(15-11-21)27(25-8-4-7-20(2)19-25)24-16-12-22(13-17-24)26-9-5-18-28-26/h4-5,7-19H,3,6H2,1-2H3. The fourth-order valence-corrected chi connectivity index (χ4v) is 4.27. The molecule has 0 bridgehead atoms. The largest absolute Gasteiger partial charge is 0.310 e. The molecule has 2 heteroatoms. The summed E-state index contributed by atoms with van der Waals surface area (Å²) in [5, 5.41) is 2.13. The van der Waals surface area contributed by atoms with Crippen LogP contribution >= 0.6 is 11.3 Å². The van der Waals surface area contributed by atoms with Gasteiger partial charge < -0.3 is 4.90 Å². The summed E-state index contributed by atoms with van der Waals surface area (Å²) in [6.45, 7) is 4.37. The molecule has 1 heterocycles. The molecule has 28 heavy (non-hydrogen) atoms. The molecule has 4 rings (SSSR count). The third-order valence-electron chi connectivity index (χ3n) is 4.92. The number of nitrogens with zero attached hydrogens (tertiary/aromatic N) is 1. The summed E-state index contributed by atoms with van der Waals surface area (Å²) in [7, 11) is 0. The van der Waals surface area contributed by atoms with Crippen LogP contribution in [0.25, 0.3) is 10.4 Å². The summed E-state index contributed by atoms with van der Waals surface area (Å²) >= 11 is 1.78. The van der Waals surface area contributed by atoms with Crippen LogP contribution in [0.3, 0.4) is 0 Å². The molecular weight excluding hydrogens is 358 g/mol. The predicted octanol–water partition coefficient (Wildman–Crippen LogP) is 8.15. The van der Waals surface area contributed by atoms with E-state index >= 15 is 0 Å². The summed E-state index contributed by atoms with van der Waals surface area (Å²) in [5.74, 6) is 0. The molecular formula is C26H25NS. The second-order valence-corrected chi connectivity index (χ2v) is 8.06. The van der Waals surface area contributed by atoms with E-state index in [1.165, 1.54) is 45.1 Å². The molecule has 1 nitrogen and oxygen atoms in total. The van der Waals surface area contributed by atoms with Gasteiger partial charge in [-0.1, -0.05) is 55.8 Å². The number of anilines is 3. The topological polar surface area (TPSA) is 3.24 Å². The minimum Gasteiger partial charge on any atom is -0.310 e. The Morgan fingerprint density at radius 2 is 1.46 bits per heavy atom. The molecule has 140 valence electrons. The lowest BCUT2D eigenvalue weighted by atomic mass is 10.1. The molecule has 0 spiro atoms. The van der Waals surface area contributed by atoms with Crippen LogP contribution in [0.2, 0.25) is 0 Å².